The lowest BCUT2D eigenvalue weighted by Crippen LogP contribution is -2.38. The van der Waals surface area contributed by atoms with Gasteiger partial charge in [0.25, 0.3) is 5.91 Å². The Balaban J connectivity index is 1.42. The van der Waals surface area contributed by atoms with Gasteiger partial charge in [0.2, 0.25) is 5.95 Å². The molecule has 8 nitrogen and oxygen atoms in total. The average Bonchev–Trinajstić information content (AvgIpc) is 3.29. The molecule has 8 heteroatoms. The summed E-state index contributed by atoms with van der Waals surface area (Å²) < 4.78 is 0. The maximum absolute atomic E-state index is 13.1. The van der Waals surface area contributed by atoms with E-state index in [1.807, 2.05) is 49.9 Å². The molecular formula is C24H27N7O. The first-order chi connectivity index (χ1) is 15.4. The molecule has 4 rings (SSSR count). The number of aryl methyl sites for hydroxylation is 1. The number of rotatable bonds is 5. The molecule has 1 amide bonds. The van der Waals surface area contributed by atoms with Gasteiger partial charge in [0.05, 0.1) is 5.56 Å². The summed E-state index contributed by atoms with van der Waals surface area (Å²) in [4.78, 5) is 23.9. The topological polar surface area (TPSA) is 111 Å². The van der Waals surface area contributed by atoms with E-state index in [4.69, 9.17) is 5.26 Å². The van der Waals surface area contributed by atoms with Crippen molar-refractivity contribution in [1.82, 2.24) is 25.1 Å². The van der Waals surface area contributed by atoms with E-state index in [0.717, 1.165) is 35.6 Å². The Kier molecular flexibility index (Phi) is 6.17. The Labute approximate surface area is 187 Å². The number of nitrogens with zero attached hydrogens (tertiary/aromatic N) is 5. The van der Waals surface area contributed by atoms with Gasteiger partial charge in [-0.3, -0.25) is 9.78 Å². The second-order valence-electron chi connectivity index (χ2n) is 8.50. The van der Waals surface area contributed by atoms with Gasteiger partial charge in [-0.2, -0.15) is 15.3 Å². The van der Waals surface area contributed by atoms with E-state index in [2.05, 4.69) is 31.6 Å². The van der Waals surface area contributed by atoms with Crippen molar-refractivity contribution in [3.63, 3.8) is 0 Å². The molecule has 0 saturated carbocycles. The summed E-state index contributed by atoms with van der Waals surface area (Å²) in [5.41, 5.74) is 4.06. The van der Waals surface area contributed by atoms with Crippen molar-refractivity contribution in [1.29, 1.82) is 5.26 Å². The molecule has 0 spiro atoms. The highest BCUT2D eigenvalue weighted by atomic mass is 16.2. The SMILES string of the molecule is Cc1ccc(C(=O)N2CCC(c3ccc(C#N)cn3)CC2)cc1Nc1nc(C(C)C)n[nH]1. The molecule has 0 unspecified atom stereocenters. The van der Waals surface area contributed by atoms with Gasteiger partial charge in [-0.25, -0.2) is 5.10 Å². The number of piperidine rings is 1. The molecule has 0 bridgehead atoms. The number of aromatic nitrogens is 4. The number of amides is 1. The number of hydrogen-bond acceptors (Lipinski definition) is 6. The van der Waals surface area contributed by atoms with Gasteiger partial charge in [0.15, 0.2) is 5.82 Å². The minimum Gasteiger partial charge on any atom is -0.339 e. The van der Waals surface area contributed by atoms with Gasteiger partial charge in [0, 0.05) is 48.1 Å². The van der Waals surface area contributed by atoms with Crippen LogP contribution in [0.1, 0.15) is 71.5 Å². The summed E-state index contributed by atoms with van der Waals surface area (Å²) >= 11 is 0. The Morgan fingerprint density at radius 1 is 1.25 bits per heavy atom. The van der Waals surface area contributed by atoms with Gasteiger partial charge >= 0.3 is 0 Å². The third kappa shape index (κ3) is 4.62. The fourth-order valence-electron chi connectivity index (χ4n) is 3.88. The second-order valence-corrected chi connectivity index (χ2v) is 8.50. The Bertz CT molecular complexity index is 1140. The zero-order chi connectivity index (χ0) is 22.7. The predicted octanol–water partition coefficient (Wildman–Crippen LogP) is 4.27. The molecule has 1 fully saturated rings. The smallest absolute Gasteiger partial charge is 0.253 e. The Morgan fingerprint density at radius 3 is 2.66 bits per heavy atom. The molecule has 3 aromatic rings. The first kappa shape index (κ1) is 21.5. The molecule has 0 atom stereocenters. The third-order valence-electron chi connectivity index (χ3n) is 5.87. The van der Waals surface area contributed by atoms with Crippen LogP contribution < -0.4 is 5.32 Å². The molecule has 1 aliphatic heterocycles. The molecule has 1 saturated heterocycles. The number of nitriles is 1. The summed E-state index contributed by atoms with van der Waals surface area (Å²) in [5.74, 6) is 1.88. The fourth-order valence-corrected chi connectivity index (χ4v) is 3.88. The lowest BCUT2D eigenvalue weighted by atomic mass is 9.92. The summed E-state index contributed by atoms with van der Waals surface area (Å²) in [6, 6.07) is 11.5. The van der Waals surface area contributed by atoms with Crippen LogP contribution in [0, 0.1) is 18.3 Å². The van der Waals surface area contributed by atoms with Crippen LogP contribution in [0.3, 0.4) is 0 Å². The number of aromatic amines is 1. The number of carbonyl (C=O) groups is 1. The molecule has 2 aromatic heterocycles. The van der Waals surface area contributed by atoms with E-state index in [-0.39, 0.29) is 11.8 Å². The van der Waals surface area contributed by atoms with E-state index in [9.17, 15) is 4.79 Å². The van der Waals surface area contributed by atoms with Crippen LogP contribution >= 0.6 is 0 Å². The van der Waals surface area contributed by atoms with Crippen LogP contribution in [0.4, 0.5) is 11.6 Å². The number of likely N-dealkylation sites (tertiary alicyclic amines) is 1. The normalized spacial score (nSPS) is 14.4. The van der Waals surface area contributed by atoms with Crippen molar-refractivity contribution >= 4 is 17.5 Å². The summed E-state index contributed by atoms with van der Waals surface area (Å²) in [6.45, 7) is 7.44. The Hall–Kier alpha value is -3.73. The molecule has 0 radical (unpaired) electrons. The van der Waals surface area contributed by atoms with Gasteiger partial charge < -0.3 is 10.2 Å². The maximum Gasteiger partial charge on any atom is 0.253 e. The molecule has 2 N–H and O–H groups in total. The maximum atomic E-state index is 13.1. The van der Waals surface area contributed by atoms with E-state index < -0.39 is 0 Å². The molecular weight excluding hydrogens is 402 g/mol. The highest BCUT2D eigenvalue weighted by Crippen LogP contribution is 2.28. The number of carbonyl (C=O) groups excluding carboxylic acids is 1. The first-order valence-corrected chi connectivity index (χ1v) is 10.9. The molecule has 32 heavy (non-hydrogen) atoms. The van der Waals surface area contributed by atoms with Crippen molar-refractivity contribution in [3.05, 3.63) is 64.7 Å². The van der Waals surface area contributed by atoms with Crippen LogP contribution in [-0.2, 0) is 0 Å². The largest absolute Gasteiger partial charge is 0.339 e. The van der Waals surface area contributed by atoms with Crippen molar-refractivity contribution in [2.24, 2.45) is 0 Å². The number of pyridine rings is 1. The predicted molar refractivity (Wildman–Crippen MR) is 122 cm³/mol. The van der Waals surface area contributed by atoms with Gasteiger partial charge in [0.1, 0.15) is 6.07 Å². The van der Waals surface area contributed by atoms with Crippen LogP contribution in [-0.4, -0.2) is 44.1 Å². The minimum absolute atomic E-state index is 0.0275. The van der Waals surface area contributed by atoms with Crippen LogP contribution in [0.25, 0.3) is 0 Å². The fraction of sp³-hybridized carbons (Fsp3) is 0.375. The molecule has 164 valence electrons. The number of anilines is 2. The summed E-state index contributed by atoms with van der Waals surface area (Å²) in [5, 5.41) is 19.3. The van der Waals surface area contributed by atoms with Crippen molar-refractivity contribution < 1.29 is 4.79 Å². The van der Waals surface area contributed by atoms with E-state index in [1.54, 1.807) is 12.3 Å². The lowest BCUT2D eigenvalue weighted by Gasteiger charge is -2.32. The first-order valence-electron chi connectivity index (χ1n) is 10.9. The standard InChI is InChI=1S/C24H27N7O/c1-15(2)22-28-24(30-29-22)27-21-12-19(6-4-16(21)3)23(32)31-10-8-18(9-11-31)20-7-5-17(13-25)14-26-20/h4-7,12,14-15,18H,8-11H2,1-3H3,(H2,27,28,29,30). The van der Waals surface area contributed by atoms with Gasteiger partial charge in [-0.05, 0) is 49.6 Å². The third-order valence-corrected chi connectivity index (χ3v) is 5.87. The van der Waals surface area contributed by atoms with E-state index >= 15 is 0 Å². The highest BCUT2D eigenvalue weighted by Gasteiger charge is 2.25. The number of benzene rings is 1. The number of H-pyrrole nitrogens is 1. The van der Waals surface area contributed by atoms with E-state index in [0.29, 0.717) is 36.1 Å². The van der Waals surface area contributed by atoms with Crippen molar-refractivity contribution in [2.45, 2.75) is 45.4 Å². The van der Waals surface area contributed by atoms with E-state index in [1.165, 1.54) is 0 Å². The highest BCUT2D eigenvalue weighted by molar-refractivity contribution is 5.95. The Morgan fingerprint density at radius 2 is 2.03 bits per heavy atom. The molecule has 1 aromatic carbocycles. The van der Waals surface area contributed by atoms with Crippen LogP contribution in [0.15, 0.2) is 36.5 Å². The molecule has 0 aliphatic carbocycles. The van der Waals surface area contributed by atoms with Crippen molar-refractivity contribution in [2.75, 3.05) is 18.4 Å². The van der Waals surface area contributed by atoms with Gasteiger partial charge in [-0.1, -0.05) is 19.9 Å². The summed E-state index contributed by atoms with van der Waals surface area (Å²) in [6.07, 6.45) is 3.33. The lowest BCUT2D eigenvalue weighted by molar-refractivity contribution is 0.0712. The van der Waals surface area contributed by atoms with Crippen LogP contribution in [0.5, 0.6) is 0 Å². The zero-order valence-electron chi connectivity index (χ0n) is 18.6. The minimum atomic E-state index is 0.0275. The zero-order valence-corrected chi connectivity index (χ0v) is 18.6. The quantitative estimate of drug-likeness (QED) is 0.627. The summed E-state index contributed by atoms with van der Waals surface area (Å²) in [7, 11) is 0. The second kappa shape index (κ2) is 9.18. The number of hydrogen-bond donors (Lipinski definition) is 2. The molecule has 1 aliphatic rings. The average molecular weight is 430 g/mol. The van der Waals surface area contributed by atoms with Gasteiger partial charge in [-0.15, -0.1) is 0 Å². The molecule has 3 heterocycles. The number of nitrogens with one attached hydrogen (secondary N) is 2. The monoisotopic (exact) mass is 429 g/mol. The van der Waals surface area contributed by atoms with Crippen molar-refractivity contribution in [3.8, 4) is 6.07 Å². The van der Waals surface area contributed by atoms with Crippen LogP contribution in [0.2, 0.25) is 0 Å².